The van der Waals surface area contributed by atoms with Crippen molar-refractivity contribution in [3.8, 4) is 56.4 Å². The molecule has 0 N–H and O–H groups in total. The molecule has 1 atom stereocenters. The molecule has 3 aliphatic carbocycles. The fraction of sp³-hybridized carbons (Fsp3) is 0.185. The van der Waals surface area contributed by atoms with Crippen molar-refractivity contribution in [2.45, 2.75) is 59.3 Å². The molecular weight excluding hydrogens is 705 g/mol. The number of hydrogen-bond acceptors (Lipinski definition) is 4. The van der Waals surface area contributed by atoms with E-state index in [0.29, 0.717) is 17.5 Å². The Morgan fingerprint density at radius 2 is 1.17 bits per heavy atom. The van der Waals surface area contributed by atoms with Crippen molar-refractivity contribution in [3.63, 3.8) is 0 Å². The van der Waals surface area contributed by atoms with E-state index in [1.807, 2.05) is 18.5 Å². The highest BCUT2D eigenvalue weighted by atomic mass is 15.0. The van der Waals surface area contributed by atoms with Gasteiger partial charge in [0.1, 0.15) is 0 Å². The van der Waals surface area contributed by atoms with Crippen molar-refractivity contribution in [3.05, 3.63) is 165 Å². The Morgan fingerprint density at radius 3 is 2.00 bits per heavy atom. The Morgan fingerprint density at radius 1 is 0.517 bits per heavy atom. The van der Waals surface area contributed by atoms with Crippen molar-refractivity contribution < 1.29 is 0 Å². The molecule has 4 heteroatoms. The Kier molecular flexibility index (Phi) is 7.32. The summed E-state index contributed by atoms with van der Waals surface area (Å²) >= 11 is 0. The monoisotopic (exact) mass is 748 g/mol. The van der Waals surface area contributed by atoms with Gasteiger partial charge in [-0.25, -0.2) is 15.0 Å². The van der Waals surface area contributed by atoms with Gasteiger partial charge in [0.05, 0.1) is 0 Å². The first-order valence-corrected chi connectivity index (χ1v) is 20.5. The molecule has 3 aliphatic rings. The number of hydrogen-bond donors (Lipinski definition) is 0. The lowest BCUT2D eigenvalue weighted by atomic mass is 9.79. The van der Waals surface area contributed by atoms with E-state index in [1.165, 1.54) is 61.0 Å². The molecule has 0 amide bonds. The second-order valence-electron chi connectivity index (χ2n) is 17.7. The lowest BCUT2D eigenvalue weighted by Gasteiger charge is -2.24. The maximum absolute atomic E-state index is 5.45. The maximum Gasteiger partial charge on any atom is 0.164 e. The van der Waals surface area contributed by atoms with Crippen molar-refractivity contribution in [1.82, 2.24) is 19.9 Å². The quantitative estimate of drug-likeness (QED) is 0.181. The van der Waals surface area contributed by atoms with Crippen molar-refractivity contribution in [2.24, 2.45) is 5.92 Å². The molecule has 0 bridgehead atoms. The van der Waals surface area contributed by atoms with Crippen LogP contribution in [-0.4, -0.2) is 19.9 Å². The van der Waals surface area contributed by atoms with E-state index in [2.05, 4.69) is 169 Å². The molecule has 0 saturated heterocycles. The Hall–Kier alpha value is -6.52. The molecule has 2 aromatic heterocycles. The number of benzene rings is 6. The molecule has 58 heavy (non-hydrogen) atoms. The summed E-state index contributed by atoms with van der Waals surface area (Å²) in [6.07, 6.45) is 10.6. The Bertz CT molecular complexity index is 3270. The van der Waals surface area contributed by atoms with Gasteiger partial charge in [-0.3, -0.25) is 4.98 Å². The molecule has 6 aromatic carbocycles. The molecular formula is C54H44N4. The smallest absolute Gasteiger partial charge is 0.164 e. The number of fused-ring (bicyclic) bond motifs is 10. The van der Waals surface area contributed by atoms with Crippen LogP contribution in [0.15, 0.2) is 127 Å². The minimum absolute atomic E-state index is 0.0967. The third-order valence-electron chi connectivity index (χ3n) is 13.5. The molecule has 0 radical (unpaired) electrons. The first kappa shape index (κ1) is 34.7. The standard InChI is InChI=1S/C54H44N4/c1-30-18-21-36-41-26-47-43(28-46(41)53(4,5)45(36)24-30)49-37-15-9-8-14-35(37)42(27-48(49)54(47,6)7)52-57-50(38-16-10-12-33-20-19-31(2)32(3)25-40(33)38)56-51(58-52)39-17-11-13-34-22-23-55-29-44(34)39/h8-29,32H,1-7H3. The SMILES string of the molecule is CC1=CC=c2cccc(-c3nc(-c4cccc5ccncc45)nc(-c4cc5c(c6ccccc46)-c4cc6c(cc4C5(C)C)-c4ccc(C)cc4C6(C)C)n3)c2=CC1C. The lowest BCUT2D eigenvalue weighted by molar-refractivity contribution is 0.652. The van der Waals surface area contributed by atoms with E-state index in [1.54, 1.807) is 0 Å². The Balaban J connectivity index is 1.18. The summed E-state index contributed by atoms with van der Waals surface area (Å²) in [5.74, 6) is 2.24. The van der Waals surface area contributed by atoms with E-state index in [4.69, 9.17) is 15.0 Å². The molecule has 0 fully saturated rings. The van der Waals surface area contributed by atoms with Gasteiger partial charge in [-0.1, -0.05) is 143 Å². The fourth-order valence-corrected chi connectivity index (χ4v) is 10.0. The molecule has 11 rings (SSSR count). The van der Waals surface area contributed by atoms with E-state index in [0.717, 1.165) is 43.3 Å². The van der Waals surface area contributed by atoms with Crippen LogP contribution < -0.4 is 10.4 Å². The van der Waals surface area contributed by atoms with Crippen LogP contribution in [-0.2, 0) is 10.8 Å². The number of aryl methyl sites for hydroxylation is 1. The highest BCUT2D eigenvalue weighted by Gasteiger charge is 2.42. The molecule has 280 valence electrons. The highest BCUT2D eigenvalue weighted by Crippen LogP contribution is 2.58. The van der Waals surface area contributed by atoms with Crippen LogP contribution in [0.5, 0.6) is 0 Å². The number of allylic oxidation sites excluding steroid dienone is 2. The van der Waals surface area contributed by atoms with E-state index in [-0.39, 0.29) is 16.7 Å². The summed E-state index contributed by atoms with van der Waals surface area (Å²) in [6.45, 7) is 16.2. The number of pyridine rings is 1. The Labute approximate surface area is 339 Å². The maximum atomic E-state index is 5.45. The fourth-order valence-electron chi connectivity index (χ4n) is 10.0. The van der Waals surface area contributed by atoms with Crippen LogP contribution in [0.2, 0.25) is 0 Å². The summed E-state index contributed by atoms with van der Waals surface area (Å²) in [4.78, 5) is 20.7. The van der Waals surface area contributed by atoms with Crippen LogP contribution in [0.1, 0.15) is 69.4 Å². The van der Waals surface area contributed by atoms with Gasteiger partial charge >= 0.3 is 0 Å². The lowest BCUT2D eigenvalue weighted by Crippen LogP contribution is -2.27. The topological polar surface area (TPSA) is 51.6 Å². The summed E-state index contributed by atoms with van der Waals surface area (Å²) < 4.78 is 0. The van der Waals surface area contributed by atoms with Crippen LogP contribution in [0.25, 0.3) is 90.1 Å². The second kappa shape index (κ2) is 12.2. The van der Waals surface area contributed by atoms with Gasteiger partial charge in [0.15, 0.2) is 17.5 Å². The number of aromatic nitrogens is 4. The minimum Gasteiger partial charge on any atom is -0.264 e. The average molecular weight is 749 g/mol. The summed E-state index contributed by atoms with van der Waals surface area (Å²) in [5, 5.41) is 6.76. The van der Waals surface area contributed by atoms with Crippen LogP contribution in [0, 0.1) is 12.8 Å². The molecule has 4 nitrogen and oxygen atoms in total. The summed E-state index contributed by atoms with van der Waals surface area (Å²) in [6, 6.07) is 38.0. The second-order valence-corrected chi connectivity index (χ2v) is 17.7. The zero-order chi connectivity index (χ0) is 39.7. The predicted octanol–water partition coefficient (Wildman–Crippen LogP) is 11.7. The van der Waals surface area contributed by atoms with Crippen molar-refractivity contribution in [2.75, 3.05) is 0 Å². The van der Waals surface area contributed by atoms with Gasteiger partial charge in [-0.15, -0.1) is 0 Å². The van der Waals surface area contributed by atoms with Crippen molar-refractivity contribution >= 4 is 33.7 Å². The van der Waals surface area contributed by atoms with Gasteiger partial charge in [0.2, 0.25) is 0 Å². The zero-order valence-corrected chi connectivity index (χ0v) is 34.1. The van der Waals surface area contributed by atoms with Crippen LogP contribution >= 0.6 is 0 Å². The molecule has 8 aromatic rings. The van der Waals surface area contributed by atoms with Crippen LogP contribution in [0.4, 0.5) is 0 Å². The molecule has 2 heterocycles. The van der Waals surface area contributed by atoms with E-state index >= 15 is 0 Å². The molecule has 0 saturated carbocycles. The summed E-state index contributed by atoms with van der Waals surface area (Å²) in [7, 11) is 0. The van der Waals surface area contributed by atoms with Crippen molar-refractivity contribution in [1.29, 1.82) is 0 Å². The molecule has 0 spiro atoms. The van der Waals surface area contributed by atoms with Gasteiger partial charge in [-0.05, 0) is 115 Å². The van der Waals surface area contributed by atoms with E-state index < -0.39 is 0 Å². The highest BCUT2D eigenvalue weighted by molar-refractivity contribution is 6.09. The number of rotatable bonds is 3. The molecule has 0 aliphatic heterocycles. The van der Waals surface area contributed by atoms with Crippen LogP contribution in [0.3, 0.4) is 0 Å². The van der Waals surface area contributed by atoms with Gasteiger partial charge in [-0.2, -0.15) is 0 Å². The molecule has 1 unspecified atom stereocenters. The zero-order valence-electron chi connectivity index (χ0n) is 34.1. The summed E-state index contributed by atoms with van der Waals surface area (Å²) in [5.41, 5.74) is 16.0. The normalized spacial score (nSPS) is 16.7. The minimum atomic E-state index is -0.265. The van der Waals surface area contributed by atoms with Gasteiger partial charge < -0.3 is 0 Å². The first-order chi connectivity index (χ1) is 28.0. The third kappa shape index (κ3) is 4.94. The first-order valence-electron chi connectivity index (χ1n) is 20.5. The third-order valence-corrected chi connectivity index (χ3v) is 13.5. The largest absolute Gasteiger partial charge is 0.264 e. The van der Waals surface area contributed by atoms with E-state index in [9.17, 15) is 0 Å². The average Bonchev–Trinajstić information content (AvgIpc) is 3.51. The predicted molar refractivity (Wildman–Crippen MR) is 240 cm³/mol. The van der Waals surface area contributed by atoms with Gasteiger partial charge in [0.25, 0.3) is 0 Å². The number of nitrogens with zero attached hydrogens (tertiary/aromatic N) is 4. The van der Waals surface area contributed by atoms with Gasteiger partial charge in [0, 0.05) is 45.3 Å².